The lowest BCUT2D eigenvalue weighted by Crippen LogP contribution is -2.52. The van der Waals surface area contributed by atoms with Crippen LogP contribution >= 0.6 is 0 Å². The lowest BCUT2D eigenvalue weighted by Gasteiger charge is -2.40. The minimum atomic E-state index is -0.205. The highest BCUT2D eigenvalue weighted by atomic mass is 16.6. The molecule has 0 radical (unpaired) electrons. The van der Waals surface area contributed by atoms with E-state index in [1.54, 1.807) is 6.08 Å². The van der Waals surface area contributed by atoms with Crippen molar-refractivity contribution < 1.29 is 9.53 Å². The molecule has 2 rings (SSSR count). The van der Waals surface area contributed by atoms with Gasteiger partial charge in [0.15, 0.2) is 0 Å². The first kappa shape index (κ1) is 14.4. The van der Waals surface area contributed by atoms with Crippen LogP contribution in [-0.2, 0) is 4.74 Å². The van der Waals surface area contributed by atoms with Crippen molar-refractivity contribution in [1.82, 2.24) is 9.80 Å². The molecule has 1 aliphatic heterocycles. The Hall–Kier alpha value is -1.03. The third kappa shape index (κ3) is 3.96. The molecule has 2 fully saturated rings. The van der Waals surface area contributed by atoms with E-state index in [1.807, 2.05) is 11.8 Å². The fraction of sp³-hybridized carbons (Fsp3) is 0.800. The Kier molecular flexibility index (Phi) is 5.25. The van der Waals surface area contributed by atoms with E-state index in [4.69, 9.17) is 4.74 Å². The molecule has 1 amide bonds. The predicted octanol–water partition coefficient (Wildman–Crippen LogP) is 2.65. The second kappa shape index (κ2) is 6.94. The highest BCUT2D eigenvalue weighted by Crippen LogP contribution is 2.23. The van der Waals surface area contributed by atoms with Gasteiger partial charge in [0.1, 0.15) is 6.10 Å². The Balaban J connectivity index is 1.75. The van der Waals surface area contributed by atoms with Gasteiger partial charge in [0.25, 0.3) is 0 Å². The van der Waals surface area contributed by atoms with Crippen molar-refractivity contribution in [1.29, 1.82) is 0 Å². The highest BCUT2D eigenvalue weighted by Gasteiger charge is 2.27. The fourth-order valence-corrected chi connectivity index (χ4v) is 3.00. The number of carbonyl (C=O) groups excluding carboxylic acids is 1. The zero-order chi connectivity index (χ0) is 13.7. The van der Waals surface area contributed by atoms with Crippen LogP contribution < -0.4 is 0 Å². The normalized spacial score (nSPS) is 23.9. The maximum Gasteiger partial charge on any atom is 0.410 e. The topological polar surface area (TPSA) is 32.8 Å². The molecule has 0 N–H and O–H groups in total. The summed E-state index contributed by atoms with van der Waals surface area (Å²) in [5.41, 5.74) is 0. The van der Waals surface area contributed by atoms with E-state index in [1.165, 1.54) is 32.1 Å². The zero-order valence-corrected chi connectivity index (χ0v) is 12.0. The van der Waals surface area contributed by atoms with Gasteiger partial charge in [0.2, 0.25) is 0 Å². The van der Waals surface area contributed by atoms with Gasteiger partial charge in [-0.1, -0.05) is 31.9 Å². The van der Waals surface area contributed by atoms with Crippen molar-refractivity contribution >= 4 is 6.09 Å². The molecule has 0 aromatic carbocycles. The number of carbonyl (C=O) groups is 1. The van der Waals surface area contributed by atoms with Gasteiger partial charge >= 0.3 is 6.09 Å². The summed E-state index contributed by atoms with van der Waals surface area (Å²) in [5.74, 6) is 0. The van der Waals surface area contributed by atoms with Crippen molar-refractivity contribution in [3.63, 3.8) is 0 Å². The third-order valence-corrected chi connectivity index (χ3v) is 4.28. The van der Waals surface area contributed by atoms with Gasteiger partial charge in [-0.3, -0.25) is 4.90 Å². The number of hydrogen-bond donors (Lipinski definition) is 0. The first-order chi connectivity index (χ1) is 9.20. The second-order valence-corrected chi connectivity index (χ2v) is 5.64. The number of amides is 1. The smallest absolute Gasteiger partial charge is 0.410 e. The molecule has 1 unspecified atom stereocenters. The van der Waals surface area contributed by atoms with Gasteiger partial charge in [0, 0.05) is 32.2 Å². The predicted molar refractivity (Wildman–Crippen MR) is 76.2 cm³/mol. The third-order valence-electron chi connectivity index (χ3n) is 4.28. The lowest BCUT2D eigenvalue weighted by molar-refractivity contribution is 0.0478. The van der Waals surface area contributed by atoms with E-state index < -0.39 is 0 Å². The maximum atomic E-state index is 11.9. The van der Waals surface area contributed by atoms with Crippen molar-refractivity contribution in [2.75, 3.05) is 26.2 Å². The monoisotopic (exact) mass is 266 g/mol. The van der Waals surface area contributed by atoms with Gasteiger partial charge in [-0.15, -0.1) is 0 Å². The van der Waals surface area contributed by atoms with Crippen molar-refractivity contribution in [2.24, 2.45) is 0 Å². The van der Waals surface area contributed by atoms with Gasteiger partial charge in [0.05, 0.1) is 0 Å². The van der Waals surface area contributed by atoms with Crippen LogP contribution in [0.3, 0.4) is 0 Å². The van der Waals surface area contributed by atoms with Crippen LogP contribution in [0.2, 0.25) is 0 Å². The molecule has 4 nitrogen and oxygen atoms in total. The van der Waals surface area contributed by atoms with Crippen molar-refractivity contribution in [2.45, 2.75) is 51.2 Å². The van der Waals surface area contributed by atoms with Crippen LogP contribution in [0.15, 0.2) is 12.7 Å². The molecule has 1 atom stereocenters. The van der Waals surface area contributed by atoms with Crippen LogP contribution in [-0.4, -0.2) is 54.2 Å². The van der Waals surface area contributed by atoms with Crippen LogP contribution in [0.5, 0.6) is 0 Å². The summed E-state index contributed by atoms with van der Waals surface area (Å²) in [6.45, 7) is 9.02. The minimum absolute atomic E-state index is 0.198. The lowest BCUT2D eigenvalue weighted by atomic mass is 9.94. The van der Waals surface area contributed by atoms with Gasteiger partial charge < -0.3 is 9.64 Å². The Morgan fingerprint density at radius 3 is 2.42 bits per heavy atom. The molecular weight excluding hydrogens is 240 g/mol. The van der Waals surface area contributed by atoms with Crippen molar-refractivity contribution in [3.8, 4) is 0 Å². The molecule has 2 aliphatic rings. The Labute approximate surface area is 116 Å². The summed E-state index contributed by atoms with van der Waals surface area (Å²) in [6, 6.07) is 0.749. The number of piperazine rings is 1. The molecule has 19 heavy (non-hydrogen) atoms. The summed E-state index contributed by atoms with van der Waals surface area (Å²) in [7, 11) is 0. The first-order valence-corrected chi connectivity index (χ1v) is 7.53. The van der Waals surface area contributed by atoms with E-state index in [9.17, 15) is 4.79 Å². The molecule has 0 aromatic heterocycles. The fourth-order valence-electron chi connectivity index (χ4n) is 3.00. The summed E-state index contributed by atoms with van der Waals surface area (Å²) in [6.07, 6.45) is 8.03. The summed E-state index contributed by atoms with van der Waals surface area (Å²) >= 11 is 0. The number of rotatable bonds is 3. The highest BCUT2D eigenvalue weighted by molar-refractivity contribution is 5.68. The number of hydrogen-bond acceptors (Lipinski definition) is 3. The molecule has 0 bridgehead atoms. The molecule has 0 aromatic rings. The molecular formula is C15H26N2O2. The SMILES string of the molecule is C=CC(C)OC(=O)N1CCN(C2CCCCC2)CC1. The van der Waals surface area contributed by atoms with E-state index in [2.05, 4.69) is 11.5 Å². The molecule has 1 saturated heterocycles. The summed E-state index contributed by atoms with van der Waals surface area (Å²) < 4.78 is 5.27. The van der Waals surface area contributed by atoms with Crippen LogP contribution in [0.4, 0.5) is 4.79 Å². The largest absolute Gasteiger partial charge is 0.442 e. The van der Waals surface area contributed by atoms with Crippen LogP contribution in [0.25, 0.3) is 0 Å². The molecule has 0 spiro atoms. The standard InChI is InChI=1S/C15H26N2O2/c1-3-13(2)19-15(18)17-11-9-16(10-12-17)14-7-5-4-6-8-14/h3,13-14H,1,4-12H2,2H3. The molecule has 108 valence electrons. The van der Waals surface area contributed by atoms with Crippen LogP contribution in [0.1, 0.15) is 39.0 Å². The summed E-state index contributed by atoms with van der Waals surface area (Å²) in [5, 5.41) is 0. The Morgan fingerprint density at radius 1 is 1.21 bits per heavy atom. The Bertz CT molecular complexity index is 305. The number of nitrogens with zero attached hydrogens (tertiary/aromatic N) is 2. The quantitative estimate of drug-likeness (QED) is 0.736. The Morgan fingerprint density at radius 2 is 1.84 bits per heavy atom. The van der Waals surface area contributed by atoms with Crippen molar-refractivity contribution in [3.05, 3.63) is 12.7 Å². The van der Waals surface area contributed by atoms with E-state index >= 15 is 0 Å². The second-order valence-electron chi connectivity index (χ2n) is 5.64. The minimum Gasteiger partial charge on any atom is -0.442 e. The van der Waals surface area contributed by atoms with E-state index in [0.717, 1.165) is 32.2 Å². The average molecular weight is 266 g/mol. The zero-order valence-electron chi connectivity index (χ0n) is 12.0. The van der Waals surface area contributed by atoms with Gasteiger partial charge in [-0.05, 0) is 19.8 Å². The number of ether oxygens (including phenoxy) is 1. The molecule has 1 saturated carbocycles. The average Bonchev–Trinajstić information content (AvgIpc) is 2.48. The van der Waals surface area contributed by atoms with Gasteiger partial charge in [-0.25, -0.2) is 4.79 Å². The first-order valence-electron chi connectivity index (χ1n) is 7.53. The van der Waals surface area contributed by atoms with Crippen LogP contribution in [0, 0.1) is 0 Å². The molecule has 1 aliphatic carbocycles. The molecule has 4 heteroatoms. The van der Waals surface area contributed by atoms with E-state index in [-0.39, 0.29) is 12.2 Å². The van der Waals surface area contributed by atoms with E-state index in [0.29, 0.717) is 0 Å². The summed E-state index contributed by atoms with van der Waals surface area (Å²) in [4.78, 5) is 16.3. The maximum absolute atomic E-state index is 11.9. The molecule has 1 heterocycles. The van der Waals surface area contributed by atoms with Gasteiger partial charge in [-0.2, -0.15) is 0 Å².